The minimum atomic E-state index is -0.171. The predicted octanol–water partition coefficient (Wildman–Crippen LogP) is 1.84. The molecule has 0 aromatic carbocycles. The summed E-state index contributed by atoms with van der Waals surface area (Å²) in [5.41, 5.74) is 0.791. The maximum atomic E-state index is 11.4. The molecule has 0 aromatic heterocycles. The topological polar surface area (TPSA) is 58.9 Å². The Hall–Kier alpha value is -1.32. The largest absolute Gasteiger partial charge is 0.469 e. The van der Waals surface area contributed by atoms with Gasteiger partial charge in [0, 0.05) is 0 Å². The first-order chi connectivity index (χ1) is 6.95. The van der Waals surface area contributed by atoms with E-state index in [0.29, 0.717) is 0 Å². The van der Waals surface area contributed by atoms with Gasteiger partial charge in [0.15, 0.2) is 0 Å². The van der Waals surface area contributed by atoms with Gasteiger partial charge in [-0.05, 0) is 23.8 Å². The number of oxime groups is 1. The Balaban J connectivity index is 2.75. The van der Waals surface area contributed by atoms with Crippen LogP contribution in [0.5, 0.6) is 0 Å². The van der Waals surface area contributed by atoms with Crippen molar-refractivity contribution in [2.24, 2.45) is 22.4 Å². The molecule has 1 saturated carbocycles. The standard InChI is InChI=1S/C11H17NO3/c1-7(6-12-14)5-8-9(10(13)15-4)11(8,2)3/h5-6,8-9,14H,1-4H3. The van der Waals surface area contributed by atoms with E-state index in [9.17, 15) is 4.79 Å². The molecule has 0 heterocycles. The number of rotatable bonds is 3. The van der Waals surface area contributed by atoms with E-state index in [1.165, 1.54) is 13.3 Å². The van der Waals surface area contributed by atoms with E-state index >= 15 is 0 Å². The van der Waals surface area contributed by atoms with Crippen LogP contribution in [-0.4, -0.2) is 24.5 Å². The summed E-state index contributed by atoms with van der Waals surface area (Å²) in [5.74, 6) is -0.0810. The van der Waals surface area contributed by atoms with Crippen molar-refractivity contribution < 1.29 is 14.7 Å². The summed E-state index contributed by atoms with van der Waals surface area (Å²) >= 11 is 0. The van der Waals surface area contributed by atoms with Crippen molar-refractivity contribution in [2.75, 3.05) is 7.11 Å². The van der Waals surface area contributed by atoms with Crippen LogP contribution in [0.4, 0.5) is 0 Å². The van der Waals surface area contributed by atoms with Crippen molar-refractivity contribution in [2.45, 2.75) is 20.8 Å². The van der Waals surface area contributed by atoms with Crippen LogP contribution in [0.1, 0.15) is 20.8 Å². The molecule has 84 valence electrons. The van der Waals surface area contributed by atoms with E-state index < -0.39 is 0 Å². The van der Waals surface area contributed by atoms with Crippen LogP contribution >= 0.6 is 0 Å². The van der Waals surface area contributed by atoms with E-state index in [-0.39, 0.29) is 23.2 Å². The fourth-order valence-corrected chi connectivity index (χ4v) is 1.98. The number of nitrogens with zero attached hydrogens (tertiary/aromatic N) is 1. The third-order valence-corrected chi connectivity index (χ3v) is 3.07. The molecule has 1 aliphatic rings. The van der Waals surface area contributed by atoms with E-state index in [1.807, 2.05) is 26.8 Å². The second-order valence-electron chi connectivity index (χ2n) is 4.50. The van der Waals surface area contributed by atoms with Gasteiger partial charge in [-0.1, -0.05) is 25.1 Å². The average molecular weight is 211 g/mol. The summed E-state index contributed by atoms with van der Waals surface area (Å²) in [6.45, 7) is 5.89. The smallest absolute Gasteiger partial charge is 0.309 e. The summed E-state index contributed by atoms with van der Waals surface area (Å²) < 4.78 is 4.73. The number of allylic oxidation sites excluding steroid dienone is 2. The van der Waals surface area contributed by atoms with Gasteiger partial charge in [-0.15, -0.1) is 0 Å². The fourth-order valence-electron chi connectivity index (χ4n) is 1.98. The van der Waals surface area contributed by atoms with Gasteiger partial charge in [-0.3, -0.25) is 4.79 Å². The van der Waals surface area contributed by atoms with Crippen LogP contribution in [0.3, 0.4) is 0 Å². The maximum absolute atomic E-state index is 11.4. The first-order valence-electron chi connectivity index (χ1n) is 4.88. The van der Waals surface area contributed by atoms with Gasteiger partial charge in [-0.2, -0.15) is 0 Å². The van der Waals surface area contributed by atoms with E-state index in [2.05, 4.69) is 5.16 Å². The number of ether oxygens (including phenoxy) is 1. The van der Waals surface area contributed by atoms with Crippen LogP contribution in [-0.2, 0) is 9.53 Å². The molecule has 1 aliphatic carbocycles. The van der Waals surface area contributed by atoms with Gasteiger partial charge in [0.05, 0.1) is 19.2 Å². The molecule has 0 amide bonds. The summed E-state index contributed by atoms with van der Waals surface area (Å²) in [5, 5.41) is 11.3. The Kier molecular flexibility index (Phi) is 3.17. The number of esters is 1. The number of hydrogen-bond donors (Lipinski definition) is 1. The second kappa shape index (κ2) is 4.04. The zero-order valence-electron chi connectivity index (χ0n) is 9.52. The van der Waals surface area contributed by atoms with Gasteiger partial charge in [-0.25, -0.2) is 0 Å². The Labute approximate surface area is 89.6 Å². The minimum absolute atomic E-state index is 0.0579. The lowest BCUT2D eigenvalue weighted by molar-refractivity contribution is -0.143. The van der Waals surface area contributed by atoms with E-state index in [1.54, 1.807) is 0 Å². The van der Waals surface area contributed by atoms with Gasteiger partial charge in [0.25, 0.3) is 0 Å². The van der Waals surface area contributed by atoms with Gasteiger partial charge in [0.1, 0.15) is 0 Å². The molecule has 0 bridgehead atoms. The Morgan fingerprint density at radius 2 is 2.13 bits per heavy atom. The predicted molar refractivity (Wildman–Crippen MR) is 56.8 cm³/mol. The molecule has 1 rings (SSSR count). The first kappa shape index (κ1) is 11.8. The van der Waals surface area contributed by atoms with Gasteiger partial charge >= 0.3 is 5.97 Å². The second-order valence-corrected chi connectivity index (χ2v) is 4.50. The number of carbonyl (C=O) groups excluding carboxylic acids is 1. The average Bonchev–Trinajstić information content (AvgIpc) is 2.67. The Bertz CT molecular complexity index is 318. The summed E-state index contributed by atoms with van der Waals surface area (Å²) in [6, 6.07) is 0. The molecule has 2 atom stereocenters. The Morgan fingerprint density at radius 1 is 1.53 bits per heavy atom. The molecule has 1 fully saturated rings. The number of methoxy groups -OCH3 is 1. The lowest BCUT2D eigenvalue weighted by Crippen LogP contribution is -2.07. The maximum Gasteiger partial charge on any atom is 0.309 e. The first-order valence-corrected chi connectivity index (χ1v) is 4.88. The highest BCUT2D eigenvalue weighted by Crippen LogP contribution is 2.59. The summed E-state index contributed by atoms with van der Waals surface area (Å²) in [7, 11) is 1.40. The Morgan fingerprint density at radius 3 is 2.60 bits per heavy atom. The van der Waals surface area contributed by atoms with Crippen LogP contribution in [0.2, 0.25) is 0 Å². The molecule has 0 spiro atoms. The van der Waals surface area contributed by atoms with Gasteiger partial charge < -0.3 is 9.94 Å². The van der Waals surface area contributed by atoms with Gasteiger partial charge in [0.2, 0.25) is 0 Å². The fraction of sp³-hybridized carbons (Fsp3) is 0.636. The highest BCUT2D eigenvalue weighted by Gasteiger charge is 2.61. The van der Waals surface area contributed by atoms with Crippen molar-refractivity contribution in [1.29, 1.82) is 0 Å². The van der Waals surface area contributed by atoms with Crippen molar-refractivity contribution in [3.8, 4) is 0 Å². The summed E-state index contributed by atoms with van der Waals surface area (Å²) in [6.07, 6.45) is 3.31. The monoisotopic (exact) mass is 211 g/mol. The van der Waals surface area contributed by atoms with Crippen molar-refractivity contribution >= 4 is 12.2 Å². The zero-order chi connectivity index (χ0) is 11.6. The highest BCUT2D eigenvalue weighted by atomic mass is 16.5. The third kappa shape index (κ3) is 2.19. The molecule has 1 N–H and O–H groups in total. The molecular formula is C11H17NO3. The van der Waals surface area contributed by atoms with Crippen molar-refractivity contribution in [3.63, 3.8) is 0 Å². The lowest BCUT2D eigenvalue weighted by Gasteiger charge is -1.99. The molecule has 0 aromatic rings. The van der Waals surface area contributed by atoms with Crippen molar-refractivity contribution in [1.82, 2.24) is 0 Å². The van der Waals surface area contributed by atoms with Crippen LogP contribution < -0.4 is 0 Å². The molecule has 4 nitrogen and oxygen atoms in total. The molecule has 15 heavy (non-hydrogen) atoms. The van der Waals surface area contributed by atoms with Crippen molar-refractivity contribution in [3.05, 3.63) is 11.6 Å². The summed E-state index contributed by atoms with van der Waals surface area (Å²) in [4.78, 5) is 11.4. The normalized spacial score (nSPS) is 29.2. The zero-order valence-corrected chi connectivity index (χ0v) is 9.52. The molecule has 2 unspecified atom stereocenters. The van der Waals surface area contributed by atoms with E-state index in [0.717, 1.165) is 5.57 Å². The molecule has 0 radical (unpaired) electrons. The molecule has 4 heteroatoms. The van der Waals surface area contributed by atoms with Crippen LogP contribution in [0.15, 0.2) is 16.8 Å². The van der Waals surface area contributed by atoms with Crippen LogP contribution in [0, 0.1) is 17.3 Å². The number of hydrogen-bond acceptors (Lipinski definition) is 4. The lowest BCUT2D eigenvalue weighted by atomic mass is 10.1. The van der Waals surface area contributed by atoms with Crippen LogP contribution in [0.25, 0.3) is 0 Å². The quantitative estimate of drug-likeness (QED) is 0.335. The minimum Gasteiger partial charge on any atom is -0.469 e. The third-order valence-electron chi connectivity index (χ3n) is 3.07. The molecular weight excluding hydrogens is 194 g/mol. The highest BCUT2D eigenvalue weighted by molar-refractivity contribution is 5.80. The molecule has 0 saturated heterocycles. The molecule has 0 aliphatic heterocycles. The SMILES string of the molecule is COC(=O)C1C(C=C(C)C=NO)C1(C)C. The van der Waals surface area contributed by atoms with E-state index in [4.69, 9.17) is 9.94 Å². The number of carbonyl (C=O) groups is 1.